The number of aromatic nitrogens is 3. The maximum Gasteiger partial charge on any atom is 0.248 e. The lowest BCUT2D eigenvalue weighted by Crippen LogP contribution is -2.49. The molecule has 1 heterocycles. The normalized spacial score (nSPS) is 27.8. The van der Waals surface area contributed by atoms with Gasteiger partial charge in [0.1, 0.15) is 0 Å². The van der Waals surface area contributed by atoms with Crippen molar-refractivity contribution in [1.82, 2.24) is 15.0 Å². The molecule has 3 aromatic rings. The Hall–Kier alpha value is -2.92. The van der Waals surface area contributed by atoms with Gasteiger partial charge in [0.2, 0.25) is 5.91 Å². The second-order valence-electron chi connectivity index (χ2n) is 10.1. The molecule has 0 saturated heterocycles. The summed E-state index contributed by atoms with van der Waals surface area (Å²) in [5.74, 6) is 2.45. The van der Waals surface area contributed by atoms with E-state index in [1.165, 1.54) is 50.3 Å². The number of carbonyl (C=O) groups excluding carboxylic acids is 1. The topological polar surface area (TPSA) is 59.8 Å². The van der Waals surface area contributed by atoms with Gasteiger partial charge in [0.15, 0.2) is 0 Å². The predicted molar refractivity (Wildman–Crippen MR) is 130 cm³/mol. The van der Waals surface area contributed by atoms with Crippen LogP contribution in [-0.4, -0.2) is 20.9 Å². The van der Waals surface area contributed by atoms with Crippen molar-refractivity contribution in [3.8, 4) is 5.69 Å². The van der Waals surface area contributed by atoms with Crippen LogP contribution in [0.15, 0.2) is 60.8 Å². The van der Waals surface area contributed by atoms with Gasteiger partial charge in [-0.05, 0) is 104 Å². The van der Waals surface area contributed by atoms with Crippen molar-refractivity contribution in [2.75, 3.05) is 5.32 Å². The SMILES string of the molecule is O=C(/C=C/c1ccc(Cl)cc1)Nc1ccc(-n2nncc2C23CC4CC(CC(C4)C2)C3)cc1. The number of carbonyl (C=O) groups is 1. The fraction of sp³-hybridized carbons (Fsp3) is 0.370. The summed E-state index contributed by atoms with van der Waals surface area (Å²) in [5.41, 5.74) is 4.17. The van der Waals surface area contributed by atoms with E-state index >= 15 is 0 Å². The van der Waals surface area contributed by atoms with Crippen LogP contribution >= 0.6 is 11.6 Å². The van der Waals surface area contributed by atoms with Gasteiger partial charge in [0, 0.05) is 22.2 Å². The lowest BCUT2D eigenvalue weighted by atomic mass is 9.49. The van der Waals surface area contributed by atoms with Crippen molar-refractivity contribution in [2.24, 2.45) is 17.8 Å². The molecule has 7 rings (SSSR count). The first-order chi connectivity index (χ1) is 16.1. The van der Waals surface area contributed by atoms with Crippen LogP contribution in [0, 0.1) is 17.8 Å². The molecule has 2 aromatic carbocycles. The standard InChI is InChI=1S/C27H27ClN4O/c28-22-4-1-18(2-5-22)3-10-26(33)30-23-6-8-24(9-7-23)32-25(17-29-31-32)27-14-19-11-20(15-27)13-21(12-19)16-27/h1-10,17,19-21H,11-16H2,(H,30,33)/b10-3+. The molecule has 0 aliphatic heterocycles. The second-order valence-corrected chi connectivity index (χ2v) is 10.6. The van der Waals surface area contributed by atoms with Crippen LogP contribution in [0.1, 0.15) is 49.8 Å². The van der Waals surface area contributed by atoms with Crippen LogP contribution in [0.3, 0.4) is 0 Å². The van der Waals surface area contributed by atoms with E-state index in [-0.39, 0.29) is 11.3 Å². The first-order valence-electron chi connectivity index (χ1n) is 11.8. The fourth-order valence-electron chi connectivity index (χ4n) is 6.83. The van der Waals surface area contributed by atoms with Crippen LogP contribution in [0.4, 0.5) is 5.69 Å². The van der Waals surface area contributed by atoms with Gasteiger partial charge < -0.3 is 5.32 Å². The zero-order chi connectivity index (χ0) is 22.4. The molecule has 4 aliphatic rings. The molecular weight excluding hydrogens is 432 g/mol. The van der Waals surface area contributed by atoms with Gasteiger partial charge >= 0.3 is 0 Å². The molecule has 1 amide bonds. The zero-order valence-electron chi connectivity index (χ0n) is 18.5. The number of hydrogen-bond acceptors (Lipinski definition) is 3. The van der Waals surface area contributed by atoms with E-state index in [1.54, 1.807) is 18.2 Å². The highest BCUT2D eigenvalue weighted by atomic mass is 35.5. The molecular formula is C27H27ClN4O. The van der Waals surface area contributed by atoms with E-state index in [0.29, 0.717) is 5.02 Å². The molecule has 1 N–H and O–H groups in total. The first-order valence-corrected chi connectivity index (χ1v) is 12.2. The molecule has 5 nitrogen and oxygen atoms in total. The van der Waals surface area contributed by atoms with E-state index < -0.39 is 0 Å². The number of nitrogens with zero attached hydrogens (tertiary/aromatic N) is 3. The van der Waals surface area contributed by atoms with E-state index in [1.807, 2.05) is 47.3 Å². The summed E-state index contributed by atoms with van der Waals surface area (Å²) in [7, 11) is 0. The van der Waals surface area contributed by atoms with Crippen LogP contribution in [0.2, 0.25) is 5.02 Å². The number of anilines is 1. The van der Waals surface area contributed by atoms with Gasteiger partial charge in [-0.25, -0.2) is 4.68 Å². The summed E-state index contributed by atoms with van der Waals surface area (Å²) >= 11 is 5.91. The highest BCUT2D eigenvalue weighted by Gasteiger charge is 2.53. The van der Waals surface area contributed by atoms with E-state index in [9.17, 15) is 4.79 Å². The Bertz CT molecular complexity index is 1160. The van der Waals surface area contributed by atoms with Gasteiger partial charge in [-0.2, -0.15) is 0 Å². The summed E-state index contributed by atoms with van der Waals surface area (Å²) in [6.07, 6.45) is 13.4. The minimum atomic E-state index is -0.173. The monoisotopic (exact) mass is 458 g/mol. The Balaban J connectivity index is 1.17. The lowest BCUT2D eigenvalue weighted by molar-refractivity contribution is -0.111. The summed E-state index contributed by atoms with van der Waals surface area (Å²) in [6, 6.07) is 15.2. The molecule has 33 heavy (non-hydrogen) atoms. The molecule has 4 bridgehead atoms. The van der Waals surface area contributed by atoms with Gasteiger partial charge in [-0.15, -0.1) is 5.10 Å². The van der Waals surface area contributed by atoms with Crippen molar-refractivity contribution in [1.29, 1.82) is 0 Å². The lowest BCUT2D eigenvalue weighted by Gasteiger charge is -2.56. The number of nitrogens with one attached hydrogen (secondary N) is 1. The van der Waals surface area contributed by atoms with Crippen molar-refractivity contribution >= 4 is 29.3 Å². The summed E-state index contributed by atoms with van der Waals surface area (Å²) in [4.78, 5) is 12.3. The Morgan fingerprint density at radius 3 is 2.24 bits per heavy atom. The third kappa shape index (κ3) is 3.99. The predicted octanol–water partition coefficient (Wildman–Crippen LogP) is 6.04. The fourth-order valence-corrected chi connectivity index (χ4v) is 6.95. The van der Waals surface area contributed by atoms with Gasteiger partial charge in [-0.1, -0.05) is 28.9 Å². The maximum absolute atomic E-state index is 12.3. The average molecular weight is 459 g/mol. The minimum absolute atomic E-state index is 0.173. The van der Waals surface area contributed by atoms with Crippen molar-refractivity contribution in [3.63, 3.8) is 0 Å². The molecule has 6 heteroatoms. The van der Waals surface area contributed by atoms with E-state index in [0.717, 1.165) is 34.7 Å². The molecule has 0 radical (unpaired) electrons. The Labute approximate surface area is 198 Å². The van der Waals surface area contributed by atoms with E-state index in [2.05, 4.69) is 15.6 Å². The number of halogens is 1. The molecule has 4 fully saturated rings. The number of benzene rings is 2. The van der Waals surface area contributed by atoms with Gasteiger partial charge in [0.05, 0.1) is 17.6 Å². The molecule has 1 aromatic heterocycles. The van der Waals surface area contributed by atoms with Crippen molar-refractivity contribution in [2.45, 2.75) is 43.9 Å². The van der Waals surface area contributed by atoms with Gasteiger partial charge in [-0.3, -0.25) is 4.79 Å². The zero-order valence-corrected chi connectivity index (χ0v) is 19.2. The molecule has 168 valence electrons. The summed E-state index contributed by atoms with van der Waals surface area (Å²) < 4.78 is 2.03. The third-order valence-corrected chi connectivity index (χ3v) is 8.06. The highest BCUT2D eigenvalue weighted by Crippen LogP contribution is 2.60. The number of rotatable bonds is 5. The largest absolute Gasteiger partial charge is 0.323 e. The quantitative estimate of drug-likeness (QED) is 0.474. The summed E-state index contributed by atoms with van der Waals surface area (Å²) in [5, 5.41) is 12.4. The van der Waals surface area contributed by atoms with Gasteiger partial charge in [0.25, 0.3) is 0 Å². The average Bonchev–Trinajstić information content (AvgIpc) is 3.29. The minimum Gasteiger partial charge on any atom is -0.323 e. The van der Waals surface area contributed by atoms with Crippen molar-refractivity contribution in [3.05, 3.63) is 77.1 Å². The molecule has 0 atom stereocenters. The third-order valence-electron chi connectivity index (χ3n) is 7.81. The highest BCUT2D eigenvalue weighted by molar-refractivity contribution is 6.30. The number of hydrogen-bond donors (Lipinski definition) is 1. The van der Waals surface area contributed by atoms with Crippen molar-refractivity contribution < 1.29 is 4.79 Å². The summed E-state index contributed by atoms with van der Waals surface area (Å²) in [6.45, 7) is 0. The maximum atomic E-state index is 12.3. The first kappa shape index (κ1) is 20.7. The van der Waals surface area contributed by atoms with Crippen LogP contribution in [0.5, 0.6) is 0 Å². The second kappa shape index (κ2) is 8.14. The smallest absolute Gasteiger partial charge is 0.248 e. The Morgan fingerprint density at radius 1 is 0.970 bits per heavy atom. The Morgan fingerprint density at radius 2 is 1.61 bits per heavy atom. The molecule has 0 spiro atoms. The molecule has 4 aliphatic carbocycles. The van der Waals surface area contributed by atoms with E-state index in [4.69, 9.17) is 11.6 Å². The Kier molecular flexibility index (Phi) is 5.10. The van der Waals surface area contributed by atoms with Crippen LogP contribution in [0.25, 0.3) is 11.8 Å². The van der Waals surface area contributed by atoms with Crippen LogP contribution < -0.4 is 5.32 Å². The van der Waals surface area contributed by atoms with Crippen LogP contribution in [-0.2, 0) is 10.2 Å². The number of amides is 1. The molecule has 4 saturated carbocycles. The molecule has 0 unspecified atom stereocenters.